The number of anilines is 3. The lowest BCUT2D eigenvalue weighted by Gasteiger charge is -2.28. The van der Waals surface area contributed by atoms with E-state index >= 15 is 0 Å². The minimum atomic E-state index is 0.0845. The third-order valence-corrected chi connectivity index (χ3v) is 7.43. The van der Waals surface area contributed by atoms with Gasteiger partial charge in [0.1, 0.15) is 0 Å². The highest BCUT2D eigenvalue weighted by Gasteiger charge is 2.30. The van der Waals surface area contributed by atoms with E-state index < -0.39 is 0 Å². The number of hydrogen-bond donors (Lipinski definition) is 0. The Morgan fingerprint density at radius 3 is 1.33 bits per heavy atom. The monoisotopic (exact) mass is 499 g/mol. The van der Waals surface area contributed by atoms with Crippen molar-refractivity contribution >= 4 is 22.8 Å². The van der Waals surface area contributed by atoms with E-state index in [9.17, 15) is 4.79 Å². The summed E-state index contributed by atoms with van der Waals surface area (Å²) in [6, 6.07) is 52.1. The summed E-state index contributed by atoms with van der Waals surface area (Å²) >= 11 is 0. The average molecular weight is 500 g/mol. The molecule has 2 heteroatoms. The molecule has 0 N–H and O–H groups in total. The molecule has 0 atom stereocenters. The largest absolute Gasteiger partial charge is 0.310 e. The van der Waals surface area contributed by atoms with Crippen molar-refractivity contribution in [1.82, 2.24) is 0 Å². The summed E-state index contributed by atoms with van der Waals surface area (Å²) < 4.78 is 0. The fourth-order valence-corrected chi connectivity index (χ4v) is 5.54. The number of ketones is 1. The van der Waals surface area contributed by atoms with Crippen LogP contribution in [0.4, 0.5) is 17.1 Å². The third kappa shape index (κ3) is 4.03. The quantitative estimate of drug-likeness (QED) is 0.235. The molecule has 0 unspecified atom stereocenters. The molecule has 6 aromatic rings. The summed E-state index contributed by atoms with van der Waals surface area (Å²) in [4.78, 5) is 15.6. The van der Waals surface area contributed by atoms with Gasteiger partial charge in [0, 0.05) is 28.1 Å². The van der Waals surface area contributed by atoms with Crippen LogP contribution in [-0.4, -0.2) is 5.78 Å². The molecule has 0 bridgehead atoms. The van der Waals surface area contributed by atoms with Crippen LogP contribution in [0.25, 0.3) is 33.4 Å². The van der Waals surface area contributed by atoms with Gasteiger partial charge in [0.2, 0.25) is 0 Å². The van der Waals surface area contributed by atoms with Crippen molar-refractivity contribution in [3.63, 3.8) is 0 Å². The van der Waals surface area contributed by atoms with Crippen molar-refractivity contribution in [2.75, 3.05) is 4.90 Å². The van der Waals surface area contributed by atoms with Crippen molar-refractivity contribution in [3.05, 3.63) is 163 Å². The highest BCUT2D eigenvalue weighted by Crippen LogP contribution is 2.47. The van der Waals surface area contributed by atoms with Gasteiger partial charge in [-0.05, 0) is 58.1 Å². The summed E-state index contributed by atoms with van der Waals surface area (Å²) in [7, 11) is 0. The molecule has 1 aliphatic carbocycles. The zero-order valence-electron chi connectivity index (χ0n) is 21.3. The van der Waals surface area contributed by atoms with E-state index in [1.54, 1.807) is 0 Å². The molecule has 6 aromatic carbocycles. The van der Waals surface area contributed by atoms with Crippen LogP contribution in [0, 0.1) is 0 Å². The minimum Gasteiger partial charge on any atom is -0.310 e. The Balaban J connectivity index is 1.39. The Kier molecular flexibility index (Phi) is 5.64. The Morgan fingerprint density at radius 2 is 0.795 bits per heavy atom. The van der Waals surface area contributed by atoms with E-state index in [4.69, 9.17) is 0 Å². The molecule has 2 nitrogen and oxygen atoms in total. The maximum atomic E-state index is 13.3. The molecule has 0 saturated heterocycles. The minimum absolute atomic E-state index is 0.0845. The maximum Gasteiger partial charge on any atom is 0.194 e. The van der Waals surface area contributed by atoms with E-state index in [-0.39, 0.29) is 5.78 Å². The zero-order valence-corrected chi connectivity index (χ0v) is 21.3. The van der Waals surface area contributed by atoms with E-state index in [2.05, 4.69) is 114 Å². The third-order valence-electron chi connectivity index (χ3n) is 7.43. The van der Waals surface area contributed by atoms with Crippen LogP contribution in [-0.2, 0) is 0 Å². The maximum absolute atomic E-state index is 13.3. The summed E-state index contributed by atoms with van der Waals surface area (Å²) in [6.45, 7) is 0. The van der Waals surface area contributed by atoms with Crippen molar-refractivity contribution in [1.29, 1.82) is 0 Å². The normalized spacial score (nSPS) is 11.6. The van der Waals surface area contributed by atoms with Crippen molar-refractivity contribution in [3.8, 4) is 33.4 Å². The van der Waals surface area contributed by atoms with E-state index in [0.29, 0.717) is 0 Å². The van der Waals surface area contributed by atoms with E-state index in [1.807, 2.05) is 42.5 Å². The van der Waals surface area contributed by atoms with Crippen LogP contribution in [0.5, 0.6) is 0 Å². The van der Waals surface area contributed by atoms with E-state index in [1.165, 1.54) is 11.1 Å². The van der Waals surface area contributed by atoms with Gasteiger partial charge in [-0.3, -0.25) is 4.79 Å². The molecule has 0 aromatic heterocycles. The average Bonchev–Trinajstić information content (AvgIpc) is 3.31. The number of nitrogens with zero attached hydrogens (tertiary/aromatic N) is 1. The number of carbonyl (C=O) groups excluding carboxylic acids is 1. The Bertz CT molecular complexity index is 1700. The van der Waals surface area contributed by atoms with Crippen LogP contribution < -0.4 is 4.90 Å². The molecule has 0 radical (unpaired) electrons. The first kappa shape index (κ1) is 22.9. The number of carbonyl (C=O) groups is 1. The molecule has 0 saturated carbocycles. The number of fused-ring (bicyclic) bond motifs is 3. The zero-order chi connectivity index (χ0) is 26.2. The Hall–Kier alpha value is -5.21. The molecule has 0 spiro atoms. The first-order valence-corrected chi connectivity index (χ1v) is 13.2. The van der Waals surface area contributed by atoms with Gasteiger partial charge in [-0.2, -0.15) is 0 Å². The van der Waals surface area contributed by atoms with Gasteiger partial charge in [0.15, 0.2) is 5.78 Å². The van der Waals surface area contributed by atoms with Gasteiger partial charge in [-0.1, -0.05) is 121 Å². The summed E-state index contributed by atoms with van der Waals surface area (Å²) in [5, 5.41) is 0. The second-order valence-electron chi connectivity index (χ2n) is 9.74. The molecule has 1 aliphatic rings. The molecule has 0 fully saturated rings. The number of benzene rings is 6. The topological polar surface area (TPSA) is 20.3 Å². The molecular weight excluding hydrogens is 474 g/mol. The molecule has 184 valence electrons. The van der Waals surface area contributed by atoms with Gasteiger partial charge in [-0.25, -0.2) is 0 Å². The summed E-state index contributed by atoms with van der Waals surface area (Å²) in [5.41, 5.74) is 11.2. The second-order valence-corrected chi connectivity index (χ2v) is 9.74. The van der Waals surface area contributed by atoms with Crippen molar-refractivity contribution < 1.29 is 4.79 Å². The molecule has 39 heavy (non-hydrogen) atoms. The smallest absolute Gasteiger partial charge is 0.194 e. The molecule has 7 rings (SSSR count). The van der Waals surface area contributed by atoms with Gasteiger partial charge in [0.25, 0.3) is 0 Å². The summed E-state index contributed by atoms with van der Waals surface area (Å²) in [6.07, 6.45) is 0. The van der Waals surface area contributed by atoms with Gasteiger partial charge in [0.05, 0.1) is 5.69 Å². The molecular formula is C37H25NO. The van der Waals surface area contributed by atoms with Crippen LogP contribution in [0.2, 0.25) is 0 Å². The first-order valence-electron chi connectivity index (χ1n) is 13.2. The lowest BCUT2D eigenvalue weighted by atomic mass is 10.00. The van der Waals surface area contributed by atoms with Gasteiger partial charge in [-0.15, -0.1) is 0 Å². The van der Waals surface area contributed by atoms with Crippen LogP contribution in [0.1, 0.15) is 15.9 Å². The standard InChI is InChI=1S/C37H25NO/c39-37-33-15-8-7-14-32(33)36-34(37)16-9-17-35(36)38(30-22-18-28(19-23-30)26-10-3-1-4-11-26)31-24-20-29(21-25-31)27-12-5-2-6-13-27/h1-25H. The van der Waals surface area contributed by atoms with Crippen LogP contribution in [0.3, 0.4) is 0 Å². The molecule has 0 amide bonds. The highest BCUT2D eigenvalue weighted by molar-refractivity contribution is 6.24. The highest BCUT2D eigenvalue weighted by atomic mass is 16.1. The van der Waals surface area contributed by atoms with Crippen LogP contribution >= 0.6 is 0 Å². The SMILES string of the molecule is O=C1c2ccccc2-c2c1cccc2N(c1ccc(-c2ccccc2)cc1)c1ccc(-c2ccccc2)cc1. The fourth-order valence-electron chi connectivity index (χ4n) is 5.54. The van der Waals surface area contributed by atoms with Crippen molar-refractivity contribution in [2.45, 2.75) is 0 Å². The number of hydrogen-bond acceptors (Lipinski definition) is 2. The molecule has 0 heterocycles. The first-order chi connectivity index (χ1) is 19.3. The predicted molar refractivity (Wildman–Crippen MR) is 161 cm³/mol. The lowest BCUT2D eigenvalue weighted by Crippen LogP contribution is -2.11. The van der Waals surface area contributed by atoms with Gasteiger partial charge < -0.3 is 4.90 Å². The fraction of sp³-hybridized carbons (Fsp3) is 0. The Labute approximate surface area is 228 Å². The second kappa shape index (κ2) is 9.59. The van der Waals surface area contributed by atoms with Crippen molar-refractivity contribution in [2.24, 2.45) is 0 Å². The van der Waals surface area contributed by atoms with Gasteiger partial charge >= 0.3 is 0 Å². The number of rotatable bonds is 5. The van der Waals surface area contributed by atoms with Crippen LogP contribution in [0.15, 0.2) is 152 Å². The summed E-state index contributed by atoms with van der Waals surface area (Å²) in [5.74, 6) is 0.0845. The Morgan fingerprint density at radius 1 is 0.359 bits per heavy atom. The molecule has 0 aliphatic heterocycles. The lowest BCUT2D eigenvalue weighted by molar-refractivity contribution is 0.104. The van der Waals surface area contributed by atoms with E-state index in [0.717, 1.165) is 50.4 Å². The predicted octanol–water partition coefficient (Wildman–Crippen LogP) is 9.70.